The lowest BCUT2D eigenvalue weighted by Crippen LogP contribution is -2.23. The summed E-state index contributed by atoms with van der Waals surface area (Å²) in [5.41, 5.74) is -2.40. The van der Waals surface area contributed by atoms with Crippen molar-refractivity contribution < 1.29 is 37.0 Å². The van der Waals surface area contributed by atoms with Crippen molar-refractivity contribution in [1.82, 2.24) is 0 Å². The molecule has 0 aliphatic carbocycles. The molecule has 2 aromatic carbocycles. The molecule has 0 aliphatic rings. The molecule has 0 heterocycles. The van der Waals surface area contributed by atoms with E-state index in [2.05, 4.69) is 9.47 Å². The van der Waals surface area contributed by atoms with E-state index in [0.29, 0.717) is 18.2 Å². The SMILES string of the molecule is COC(=O)C(=O)Oc1cc(C(F)(F)F)cc(Oc2ccccc2)cc1=O. The molecule has 0 radical (unpaired) electrons. The molecule has 0 atom stereocenters. The molecule has 0 bridgehead atoms. The fraction of sp³-hybridized carbons (Fsp3) is 0.118. The smallest absolute Gasteiger partial charge is 0.422 e. The summed E-state index contributed by atoms with van der Waals surface area (Å²) in [6.07, 6.45) is -4.87. The summed E-state index contributed by atoms with van der Waals surface area (Å²) >= 11 is 0. The number of hydrogen-bond acceptors (Lipinski definition) is 6. The lowest BCUT2D eigenvalue weighted by molar-refractivity contribution is -0.160. The monoisotopic (exact) mass is 368 g/mol. The van der Waals surface area contributed by atoms with Crippen molar-refractivity contribution in [3.05, 3.63) is 64.3 Å². The van der Waals surface area contributed by atoms with E-state index in [1.165, 1.54) is 12.1 Å². The molecule has 0 N–H and O–H groups in total. The van der Waals surface area contributed by atoms with Crippen LogP contribution in [0.5, 0.6) is 17.2 Å². The van der Waals surface area contributed by atoms with E-state index in [4.69, 9.17) is 4.74 Å². The van der Waals surface area contributed by atoms with Crippen LogP contribution in [0.1, 0.15) is 5.56 Å². The maximum Gasteiger partial charge on any atom is 0.422 e. The van der Waals surface area contributed by atoms with Crippen molar-refractivity contribution in [1.29, 1.82) is 0 Å². The van der Waals surface area contributed by atoms with Gasteiger partial charge in [0.05, 0.1) is 12.7 Å². The standard InChI is InChI=1S/C17H11F3O6/c1-24-15(22)16(23)26-14-8-10(17(18,19)20)7-12(9-13(14)21)25-11-5-3-2-4-6-11/h2-9H,1H3. The summed E-state index contributed by atoms with van der Waals surface area (Å²) in [6, 6.07) is 9.39. The Balaban J connectivity index is 2.51. The first-order valence-electron chi connectivity index (χ1n) is 7.00. The third kappa shape index (κ3) is 4.82. The van der Waals surface area contributed by atoms with Gasteiger partial charge in [-0.25, -0.2) is 9.59 Å². The molecule has 136 valence electrons. The van der Waals surface area contributed by atoms with Crippen molar-refractivity contribution in [3.8, 4) is 17.2 Å². The van der Waals surface area contributed by atoms with Crippen LogP contribution in [0, 0.1) is 0 Å². The van der Waals surface area contributed by atoms with Gasteiger partial charge >= 0.3 is 18.1 Å². The highest BCUT2D eigenvalue weighted by atomic mass is 19.4. The Bertz CT molecular complexity index is 878. The lowest BCUT2D eigenvalue weighted by Gasteiger charge is -2.07. The highest BCUT2D eigenvalue weighted by Crippen LogP contribution is 2.33. The topological polar surface area (TPSA) is 78.9 Å². The molecule has 9 heteroatoms. The fourth-order valence-corrected chi connectivity index (χ4v) is 1.80. The number of carbonyl (C=O) groups is 2. The Morgan fingerprint density at radius 3 is 2.15 bits per heavy atom. The van der Waals surface area contributed by atoms with E-state index in [9.17, 15) is 27.6 Å². The number of rotatable bonds is 3. The van der Waals surface area contributed by atoms with E-state index >= 15 is 0 Å². The fourth-order valence-electron chi connectivity index (χ4n) is 1.80. The zero-order valence-corrected chi connectivity index (χ0v) is 13.2. The van der Waals surface area contributed by atoms with Crippen LogP contribution >= 0.6 is 0 Å². The molecule has 0 fully saturated rings. The van der Waals surface area contributed by atoms with E-state index in [-0.39, 0.29) is 5.75 Å². The first kappa shape index (κ1) is 19.0. The van der Waals surface area contributed by atoms with E-state index < -0.39 is 40.6 Å². The molecule has 0 spiro atoms. The number of benzene rings is 1. The second kappa shape index (κ2) is 7.68. The van der Waals surface area contributed by atoms with Gasteiger partial charge in [0.25, 0.3) is 0 Å². The molecule has 0 aliphatic heterocycles. The van der Waals surface area contributed by atoms with Gasteiger partial charge in [0.2, 0.25) is 5.43 Å². The van der Waals surface area contributed by atoms with Gasteiger partial charge in [-0.15, -0.1) is 0 Å². The quantitative estimate of drug-likeness (QED) is 0.612. The van der Waals surface area contributed by atoms with Gasteiger partial charge in [0.1, 0.15) is 11.5 Å². The molecule has 0 amide bonds. The van der Waals surface area contributed by atoms with Crippen LogP contribution in [0.3, 0.4) is 0 Å². The van der Waals surface area contributed by atoms with Crippen LogP contribution < -0.4 is 14.9 Å². The Morgan fingerprint density at radius 1 is 0.923 bits per heavy atom. The number of halogens is 3. The molecular formula is C17H11F3O6. The average molecular weight is 368 g/mol. The number of esters is 2. The molecule has 2 aromatic rings. The first-order chi connectivity index (χ1) is 12.2. The average Bonchev–Trinajstić information content (AvgIpc) is 2.74. The van der Waals surface area contributed by atoms with E-state index in [1.54, 1.807) is 18.2 Å². The van der Waals surface area contributed by atoms with Crippen molar-refractivity contribution in [3.63, 3.8) is 0 Å². The lowest BCUT2D eigenvalue weighted by atomic mass is 10.2. The number of hydrogen-bond donors (Lipinski definition) is 0. The highest BCUT2D eigenvalue weighted by molar-refractivity contribution is 6.30. The Labute approximate surface area is 144 Å². The van der Waals surface area contributed by atoms with Crippen LogP contribution in [0.2, 0.25) is 0 Å². The van der Waals surface area contributed by atoms with Gasteiger partial charge in [0.15, 0.2) is 5.75 Å². The third-order valence-corrected chi connectivity index (χ3v) is 2.96. The molecule has 2 rings (SSSR count). The van der Waals surface area contributed by atoms with Gasteiger partial charge in [-0.1, -0.05) is 18.2 Å². The van der Waals surface area contributed by atoms with Crippen molar-refractivity contribution in [2.75, 3.05) is 7.11 Å². The maximum absolute atomic E-state index is 13.2. The van der Waals surface area contributed by atoms with Crippen LogP contribution in [0.15, 0.2) is 53.3 Å². The maximum atomic E-state index is 13.2. The zero-order chi connectivity index (χ0) is 19.3. The van der Waals surface area contributed by atoms with Crippen molar-refractivity contribution in [2.24, 2.45) is 0 Å². The van der Waals surface area contributed by atoms with Gasteiger partial charge in [-0.05, 0) is 24.3 Å². The minimum Gasteiger partial charge on any atom is -0.461 e. The molecule has 26 heavy (non-hydrogen) atoms. The largest absolute Gasteiger partial charge is 0.461 e. The molecule has 0 unspecified atom stereocenters. The highest BCUT2D eigenvalue weighted by Gasteiger charge is 2.32. The zero-order valence-electron chi connectivity index (χ0n) is 13.2. The summed E-state index contributed by atoms with van der Waals surface area (Å²) in [4.78, 5) is 34.5. The van der Waals surface area contributed by atoms with E-state index in [1.807, 2.05) is 0 Å². The normalized spacial score (nSPS) is 10.8. The Hall–Kier alpha value is -3.36. The molecule has 0 saturated carbocycles. The summed E-state index contributed by atoms with van der Waals surface area (Å²) in [5, 5.41) is 0. The number of methoxy groups -OCH3 is 1. The second-order valence-corrected chi connectivity index (χ2v) is 4.81. The predicted octanol–water partition coefficient (Wildman–Crippen LogP) is 2.94. The summed E-state index contributed by atoms with van der Waals surface area (Å²) in [7, 11) is 0.875. The first-order valence-corrected chi connectivity index (χ1v) is 7.00. The van der Waals surface area contributed by atoms with Gasteiger partial charge in [-0.3, -0.25) is 4.79 Å². The minimum absolute atomic E-state index is 0.194. The second-order valence-electron chi connectivity index (χ2n) is 4.81. The Morgan fingerprint density at radius 2 is 1.58 bits per heavy atom. The van der Waals surface area contributed by atoms with Crippen molar-refractivity contribution >= 4 is 11.9 Å². The molecule has 6 nitrogen and oxygen atoms in total. The number of para-hydroxylation sites is 1. The van der Waals surface area contributed by atoms with Gasteiger partial charge in [0, 0.05) is 6.07 Å². The summed E-state index contributed by atoms with van der Waals surface area (Å²) in [5.74, 6) is -4.32. The molecule has 0 saturated heterocycles. The van der Waals surface area contributed by atoms with Crippen LogP contribution in [-0.4, -0.2) is 19.0 Å². The molecule has 0 aromatic heterocycles. The third-order valence-electron chi connectivity index (χ3n) is 2.96. The van der Waals surface area contributed by atoms with Gasteiger partial charge in [-0.2, -0.15) is 13.2 Å². The Kier molecular flexibility index (Phi) is 5.61. The summed E-state index contributed by atoms with van der Waals surface area (Å²) < 4.78 is 53.2. The summed E-state index contributed by atoms with van der Waals surface area (Å²) in [6.45, 7) is 0. The van der Waals surface area contributed by atoms with Crippen LogP contribution in [0.25, 0.3) is 0 Å². The molecular weight excluding hydrogens is 357 g/mol. The van der Waals surface area contributed by atoms with E-state index in [0.717, 1.165) is 7.11 Å². The number of ether oxygens (including phenoxy) is 3. The van der Waals surface area contributed by atoms with Gasteiger partial charge < -0.3 is 14.2 Å². The van der Waals surface area contributed by atoms with Crippen LogP contribution in [-0.2, 0) is 20.5 Å². The van der Waals surface area contributed by atoms with Crippen molar-refractivity contribution in [2.45, 2.75) is 6.18 Å². The number of alkyl halides is 3. The predicted molar refractivity (Wildman–Crippen MR) is 81.9 cm³/mol. The van der Waals surface area contributed by atoms with Crippen LogP contribution in [0.4, 0.5) is 13.2 Å². The minimum atomic E-state index is -4.87. The number of carbonyl (C=O) groups excluding carboxylic acids is 2.